The summed E-state index contributed by atoms with van der Waals surface area (Å²) in [5.74, 6) is -1.63. The summed E-state index contributed by atoms with van der Waals surface area (Å²) in [6.07, 6.45) is -4.75. The molecule has 2 aromatic rings. The Hall–Kier alpha value is -1.69. The number of aromatic carboxylic acids is 1. The van der Waals surface area contributed by atoms with Gasteiger partial charge in [0, 0.05) is 23.0 Å². The molecule has 1 N–H and O–H groups in total. The minimum absolute atomic E-state index is 0.121. The molecule has 0 unspecified atom stereocenters. The van der Waals surface area contributed by atoms with E-state index in [2.05, 4.69) is 0 Å². The van der Waals surface area contributed by atoms with Crippen LogP contribution in [0.15, 0.2) is 18.2 Å². The first kappa shape index (κ1) is 12.8. The fourth-order valence-corrected chi connectivity index (χ4v) is 2.13. The van der Waals surface area contributed by atoms with Gasteiger partial charge in [-0.2, -0.15) is 13.2 Å². The zero-order chi connectivity index (χ0) is 13.7. The highest BCUT2D eigenvalue weighted by Crippen LogP contribution is 2.39. The van der Waals surface area contributed by atoms with Crippen molar-refractivity contribution in [1.82, 2.24) is 4.57 Å². The molecule has 0 saturated heterocycles. The average molecular weight is 278 g/mol. The van der Waals surface area contributed by atoms with E-state index in [4.69, 9.17) is 16.7 Å². The highest BCUT2D eigenvalue weighted by atomic mass is 35.5. The molecular formula is C11H7ClF3NO2. The summed E-state index contributed by atoms with van der Waals surface area (Å²) in [5, 5.41) is 8.83. The predicted octanol–water partition coefficient (Wildman–Crippen LogP) is 3.55. The molecule has 1 aromatic heterocycles. The molecule has 3 nitrogen and oxygen atoms in total. The largest absolute Gasteiger partial charge is 0.477 e. The van der Waals surface area contributed by atoms with E-state index in [0.29, 0.717) is 0 Å². The number of halogens is 4. The summed E-state index contributed by atoms with van der Waals surface area (Å²) in [7, 11) is 1.27. The van der Waals surface area contributed by atoms with Crippen LogP contribution in [0.2, 0.25) is 5.02 Å². The lowest BCUT2D eigenvalue weighted by molar-refractivity contribution is -0.136. The summed E-state index contributed by atoms with van der Waals surface area (Å²) in [6, 6.07) is 3.89. The fourth-order valence-electron chi connectivity index (χ4n) is 1.95. The van der Waals surface area contributed by atoms with Crippen molar-refractivity contribution in [3.63, 3.8) is 0 Å². The van der Waals surface area contributed by atoms with Gasteiger partial charge in [-0.15, -0.1) is 0 Å². The SMILES string of the molecule is Cn1c(C(=O)O)c(C(F)(F)F)c2cc(Cl)ccc21. The highest BCUT2D eigenvalue weighted by molar-refractivity contribution is 6.31. The van der Waals surface area contributed by atoms with E-state index in [9.17, 15) is 18.0 Å². The molecule has 0 radical (unpaired) electrons. The molecule has 0 bridgehead atoms. The van der Waals surface area contributed by atoms with Gasteiger partial charge in [0.05, 0.1) is 5.56 Å². The monoisotopic (exact) mass is 277 g/mol. The lowest BCUT2D eigenvalue weighted by Gasteiger charge is -2.07. The number of alkyl halides is 3. The van der Waals surface area contributed by atoms with Gasteiger partial charge in [-0.3, -0.25) is 0 Å². The number of hydrogen-bond donors (Lipinski definition) is 1. The minimum Gasteiger partial charge on any atom is -0.477 e. The van der Waals surface area contributed by atoms with E-state index in [0.717, 1.165) is 10.6 Å². The quantitative estimate of drug-likeness (QED) is 0.866. The van der Waals surface area contributed by atoms with Crippen molar-refractivity contribution in [2.24, 2.45) is 7.05 Å². The number of rotatable bonds is 1. The fraction of sp³-hybridized carbons (Fsp3) is 0.182. The summed E-state index contributed by atoms with van der Waals surface area (Å²) >= 11 is 5.66. The predicted molar refractivity (Wildman–Crippen MR) is 59.9 cm³/mol. The molecule has 2 rings (SSSR count). The van der Waals surface area contributed by atoms with Crippen molar-refractivity contribution in [3.8, 4) is 0 Å². The van der Waals surface area contributed by atoms with Gasteiger partial charge in [0.15, 0.2) is 0 Å². The third-order valence-electron chi connectivity index (χ3n) is 2.65. The Kier molecular flexibility index (Phi) is 2.77. The molecule has 1 aromatic carbocycles. The lowest BCUT2D eigenvalue weighted by atomic mass is 10.1. The van der Waals surface area contributed by atoms with Crippen LogP contribution >= 0.6 is 11.6 Å². The lowest BCUT2D eigenvalue weighted by Crippen LogP contribution is -2.14. The molecule has 0 aliphatic carbocycles. The molecular weight excluding hydrogens is 271 g/mol. The number of nitrogens with zero attached hydrogens (tertiary/aromatic N) is 1. The second-order valence-electron chi connectivity index (χ2n) is 3.75. The highest BCUT2D eigenvalue weighted by Gasteiger charge is 2.40. The van der Waals surface area contributed by atoms with Crippen LogP contribution in [0.3, 0.4) is 0 Å². The molecule has 0 amide bonds. The molecule has 0 fully saturated rings. The Labute approximate surface area is 104 Å². The van der Waals surface area contributed by atoms with Crippen LogP contribution < -0.4 is 0 Å². The van der Waals surface area contributed by atoms with Crippen LogP contribution in [0.25, 0.3) is 10.9 Å². The van der Waals surface area contributed by atoms with Crippen molar-refractivity contribution < 1.29 is 23.1 Å². The molecule has 1 heterocycles. The number of aromatic nitrogens is 1. The average Bonchev–Trinajstić information content (AvgIpc) is 2.50. The van der Waals surface area contributed by atoms with Gasteiger partial charge in [0.1, 0.15) is 5.69 Å². The van der Waals surface area contributed by atoms with Crippen LogP contribution in [0.1, 0.15) is 16.1 Å². The van der Waals surface area contributed by atoms with E-state index in [1.165, 1.54) is 19.2 Å². The zero-order valence-electron chi connectivity index (χ0n) is 9.05. The third kappa shape index (κ3) is 1.82. The van der Waals surface area contributed by atoms with E-state index in [1.807, 2.05) is 0 Å². The molecule has 96 valence electrons. The Morgan fingerprint density at radius 3 is 2.50 bits per heavy atom. The molecule has 7 heteroatoms. The van der Waals surface area contributed by atoms with Gasteiger partial charge in [-0.05, 0) is 18.2 Å². The summed E-state index contributed by atoms with van der Waals surface area (Å²) in [6.45, 7) is 0. The van der Waals surface area contributed by atoms with Crippen LogP contribution in [-0.4, -0.2) is 15.6 Å². The van der Waals surface area contributed by atoms with Crippen molar-refractivity contribution >= 4 is 28.5 Å². The number of benzene rings is 1. The molecule has 0 atom stereocenters. The smallest absolute Gasteiger partial charge is 0.419 e. The number of fused-ring (bicyclic) bond motifs is 1. The molecule has 0 saturated carbocycles. The zero-order valence-corrected chi connectivity index (χ0v) is 9.80. The minimum atomic E-state index is -4.75. The van der Waals surface area contributed by atoms with Crippen molar-refractivity contribution in [2.75, 3.05) is 0 Å². The van der Waals surface area contributed by atoms with Gasteiger partial charge in [-0.1, -0.05) is 11.6 Å². The second-order valence-corrected chi connectivity index (χ2v) is 4.18. The Morgan fingerprint density at radius 1 is 1.39 bits per heavy atom. The summed E-state index contributed by atoms with van der Waals surface area (Å²) in [5.41, 5.74) is -1.79. The topological polar surface area (TPSA) is 42.2 Å². The number of carboxylic acid groups (broad SMARTS) is 1. The Balaban J connectivity index is 2.99. The van der Waals surface area contributed by atoms with Gasteiger partial charge in [0.25, 0.3) is 0 Å². The van der Waals surface area contributed by atoms with Crippen LogP contribution in [0, 0.1) is 0 Å². The van der Waals surface area contributed by atoms with Gasteiger partial charge in [0.2, 0.25) is 0 Å². The molecule has 0 aliphatic heterocycles. The number of carboxylic acids is 1. The Bertz CT molecular complexity index is 646. The maximum absolute atomic E-state index is 13.0. The Morgan fingerprint density at radius 2 is 2.00 bits per heavy atom. The van der Waals surface area contributed by atoms with Crippen molar-refractivity contribution in [2.45, 2.75) is 6.18 Å². The van der Waals surface area contributed by atoms with Crippen LogP contribution in [0.4, 0.5) is 13.2 Å². The first-order chi connectivity index (χ1) is 8.23. The number of carbonyl (C=O) groups is 1. The van der Waals surface area contributed by atoms with Gasteiger partial charge < -0.3 is 9.67 Å². The second kappa shape index (κ2) is 3.91. The summed E-state index contributed by atoms with van der Waals surface area (Å²) < 4.78 is 39.9. The normalized spacial score (nSPS) is 12.1. The maximum Gasteiger partial charge on any atom is 0.419 e. The number of hydrogen-bond acceptors (Lipinski definition) is 1. The van der Waals surface area contributed by atoms with Gasteiger partial charge >= 0.3 is 12.1 Å². The van der Waals surface area contributed by atoms with E-state index < -0.39 is 23.4 Å². The third-order valence-corrected chi connectivity index (χ3v) is 2.88. The molecule has 18 heavy (non-hydrogen) atoms. The van der Waals surface area contributed by atoms with E-state index >= 15 is 0 Å². The standard InChI is InChI=1S/C11H7ClF3NO2/c1-16-7-3-2-5(12)4-6(7)8(11(13,14)15)9(16)10(17)18/h2-4H,1H3,(H,17,18). The first-order valence-corrected chi connectivity index (χ1v) is 5.19. The maximum atomic E-state index is 13.0. The van der Waals surface area contributed by atoms with Crippen LogP contribution in [0.5, 0.6) is 0 Å². The van der Waals surface area contributed by atoms with Gasteiger partial charge in [-0.25, -0.2) is 4.79 Å². The van der Waals surface area contributed by atoms with E-state index in [-0.39, 0.29) is 15.9 Å². The summed E-state index contributed by atoms with van der Waals surface area (Å²) in [4.78, 5) is 11.0. The van der Waals surface area contributed by atoms with Crippen molar-refractivity contribution in [3.05, 3.63) is 34.5 Å². The molecule has 0 aliphatic rings. The first-order valence-electron chi connectivity index (χ1n) is 4.82. The van der Waals surface area contributed by atoms with E-state index in [1.54, 1.807) is 0 Å². The molecule has 0 spiro atoms. The van der Waals surface area contributed by atoms with Crippen molar-refractivity contribution in [1.29, 1.82) is 0 Å². The van der Waals surface area contributed by atoms with Crippen LogP contribution in [-0.2, 0) is 13.2 Å². The number of aryl methyl sites for hydroxylation is 1.